The van der Waals surface area contributed by atoms with Gasteiger partial charge in [-0.1, -0.05) is 30.3 Å². The lowest BCUT2D eigenvalue weighted by atomic mass is 10.2. The number of hydrogen-bond acceptors (Lipinski definition) is 10. The molecule has 0 aliphatic rings. The maximum atomic E-state index is 13.5. The van der Waals surface area contributed by atoms with Gasteiger partial charge in [0.25, 0.3) is 7.52 Å². The molecule has 4 N–H and O–H groups in total. The van der Waals surface area contributed by atoms with Gasteiger partial charge >= 0.3 is 5.97 Å². The van der Waals surface area contributed by atoms with Crippen molar-refractivity contribution in [1.29, 1.82) is 0 Å². The molecule has 184 valence electrons. The van der Waals surface area contributed by atoms with Crippen LogP contribution in [0.5, 0.6) is 0 Å². The number of esters is 1. The third kappa shape index (κ3) is 6.81. The van der Waals surface area contributed by atoms with E-state index in [1.54, 1.807) is 18.4 Å². The Morgan fingerprint density at radius 1 is 1.29 bits per heavy atom. The van der Waals surface area contributed by atoms with Crippen LogP contribution in [0.2, 0.25) is 0 Å². The van der Waals surface area contributed by atoms with Crippen molar-refractivity contribution < 1.29 is 28.5 Å². The third-order valence-electron chi connectivity index (χ3n) is 4.75. The molecule has 0 amide bonds. The number of imidazole rings is 1. The first-order valence-corrected chi connectivity index (χ1v) is 12.5. The van der Waals surface area contributed by atoms with Crippen molar-refractivity contribution in [2.24, 2.45) is 0 Å². The molecule has 0 spiro atoms. The van der Waals surface area contributed by atoms with Crippen LogP contribution in [0.15, 0.2) is 36.7 Å². The van der Waals surface area contributed by atoms with Crippen LogP contribution in [0, 0.1) is 0 Å². The molecule has 2 atom stereocenters. The van der Waals surface area contributed by atoms with E-state index < -0.39 is 19.5 Å². The minimum absolute atomic E-state index is 0.0233. The molecule has 12 nitrogen and oxygen atoms in total. The zero-order chi connectivity index (χ0) is 24.6. The van der Waals surface area contributed by atoms with Gasteiger partial charge in [-0.2, -0.15) is 4.98 Å². The Hall–Kier alpha value is -2.89. The molecule has 0 saturated carbocycles. The first-order chi connectivity index (χ1) is 16.3. The molecule has 3 rings (SSSR count). The van der Waals surface area contributed by atoms with Crippen LogP contribution < -0.4 is 10.8 Å². The Balaban J connectivity index is 1.64. The first kappa shape index (κ1) is 25.7. The SMILES string of the molecule is CCOC(=O)C(C)N[P@](=O)(COCCn1cnc2c(CO)nc(N)nc21)OCc1ccccc1. The summed E-state index contributed by atoms with van der Waals surface area (Å²) in [5.41, 5.74) is 7.77. The number of anilines is 1. The largest absolute Gasteiger partial charge is 0.465 e. The lowest BCUT2D eigenvalue weighted by Gasteiger charge is -2.23. The first-order valence-electron chi connectivity index (χ1n) is 10.7. The molecule has 0 radical (unpaired) electrons. The normalized spacial score (nSPS) is 14.1. The van der Waals surface area contributed by atoms with Crippen LogP contribution in [-0.4, -0.2) is 56.2 Å². The van der Waals surface area contributed by atoms with Gasteiger partial charge in [-0.25, -0.2) is 15.1 Å². The number of nitrogen functional groups attached to an aromatic ring is 1. The van der Waals surface area contributed by atoms with Crippen LogP contribution in [-0.2, 0) is 43.1 Å². The lowest BCUT2D eigenvalue weighted by Crippen LogP contribution is -2.34. The minimum Gasteiger partial charge on any atom is -0.465 e. The molecule has 0 aliphatic heterocycles. The van der Waals surface area contributed by atoms with Crippen LogP contribution in [0.3, 0.4) is 0 Å². The van der Waals surface area contributed by atoms with Gasteiger partial charge in [0.15, 0.2) is 5.65 Å². The fourth-order valence-corrected chi connectivity index (χ4v) is 4.77. The second-order valence-corrected chi connectivity index (χ2v) is 9.49. The van der Waals surface area contributed by atoms with Gasteiger partial charge in [-0.05, 0) is 19.4 Å². The van der Waals surface area contributed by atoms with Crippen molar-refractivity contribution >= 4 is 30.6 Å². The summed E-state index contributed by atoms with van der Waals surface area (Å²) in [5, 5.41) is 12.2. The average molecular weight is 492 g/mol. The van der Waals surface area contributed by atoms with E-state index in [0.29, 0.717) is 23.4 Å². The molecule has 0 saturated heterocycles. The minimum atomic E-state index is -3.57. The number of fused-ring (bicyclic) bond motifs is 1. The number of nitrogens with two attached hydrogens (primary N) is 1. The maximum Gasteiger partial charge on any atom is 0.323 e. The topological polar surface area (TPSA) is 164 Å². The maximum absolute atomic E-state index is 13.5. The zero-order valence-electron chi connectivity index (χ0n) is 19.1. The summed E-state index contributed by atoms with van der Waals surface area (Å²) < 4.78 is 31.5. The second-order valence-electron chi connectivity index (χ2n) is 7.37. The summed E-state index contributed by atoms with van der Waals surface area (Å²) >= 11 is 0. The molecule has 34 heavy (non-hydrogen) atoms. The predicted octanol–water partition coefficient (Wildman–Crippen LogP) is 1.83. The smallest absolute Gasteiger partial charge is 0.323 e. The molecule has 2 heterocycles. The van der Waals surface area contributed by atoms with Gasteiger partial charge < -0.3 is 29.4 Å². The Kier molecular flexibility index (Phi) is 9.08. The molecular weight excluding hydrogens is 463 g/mol. The Morgan fingerprint density at radius 2 is 2.06 bits per heavy atom. The standard InChI is InChI=1S/C21H29N6O6P/c1-3-32-20(29)15(2)26-34(30,33-12-16-7-5-4-6-8-16)14-31-10-9-27-13-23-18-17(11-28)24-21(22)25-19(18)27/h4-8,13,15,28H,3,9-12,14H2,1-2H3,(H,26,30)(H2,22,24,25)/t15?,34-/m0/s1. The van der Waals surface area contributed by atoms with Crippen molar-refractivity contribution in [2.75, 3.05) is 25.3 Å². The van der Waals surface area contributed by atoms with E-state index in [4.69, 9.17) is 19.7 Å². The lowest BCUT2D eigenvalue weighted by molar-refractivity contribution is -0.144. The number of carbonyl (C=O) groups excluding carboxylic acids is 1. The van der Waals surface area contributed by atoms with E-state index in [0.717, 1.165) is 5.56 Å². The van der Waals surface area contributed by atoms with Gasteiger partial charge in [0.05, 0.1) is 38.4 Å². The van der Waals surface area contributed by atoms with Crippen molar-refractivity contribution in [3.05, 3.63) is 47.9 Å². The molecule has 13 heteroatoms. The Morgan fingerprint density at radius 3 is 2.76 bits per heavy atom. The van der Waals surface area contributed by atoms with Gasteiger partial charge in [0.2, 0.25) is 5.95 Å². The highest BCUT2D eigenvalue weighted by Crippen LogP contribution is 2.44. The van der Waals surface area contributed by atoms with Crippen LogP contribution in [0.1, 0.15) is 25.1 Å². The van der Waals surface area contributed by atoms with Crippen molar-refractivity contribution in [2.45, 2.75) is 39.6 Å². The number of hydrogen-bond donors (Lipinski definition) is 3. The van der Waals surface area contributed by atoms with Gasteiger partial charge in [-0.3, -0.25) is 9.36 Å². The van der Waals surface area contributed by atoms with Gasteiger partial charge in [0.1, 0.15) is 17.9 Å². The second kappa shape index (κ2) is 12.0. The summed E-state index contributed by atoms with van der Waals surface area (Å²) in [7, 11) is -3.57. The quantitative estimate of drug-likeness (QED) is 0.181. The van der Waals surface area contributed by atoms with E-state index in [1.807, 2.05) is 30.3 Å². The predicted molar refractivity (Wildman–Crippen MR) is 125 cm³/mol. The molecule has 2 aromatic heterocycles. The molecule has 0 aliphatic carbocycles. The third-order valence-corrected chi connectivity index (χ3v) is 6.60. The molecular formula is C21H29N6O6P. The van der Waals surface area contributed by atoms with Crippen molar-refractivity contribution in [3.63, 3.8) is 0 Å². The summed E-state index contributed by atoms with van der Waals surface area (Å²) in [6, 6.07) is 8.41. The van der Waals surface area contributed by atoms with E-state index in [9.17, 15) is 14.5 Å². The summed E-state index contributed by atoms with van der Waals surface area (Å²) in [4.78, 5) is 24.4. The Bertz CT molecular complexity index is 1140. The van der Waals surface area contributed by atoms with Crippen LogP contribution in [0.25, 0.3) is 11.2 Å². The molecule has 1 unspecified atom stereocenters. The molecule has 1 aromatic carbocycles. The van der Waals surface area contributed by atoms with E-state index in [1.165, 1.54) is 6.33 Å². The number of nitrogens with zero attached hydrogens (tertiary/aromatic N) is 4. The van der Waals surface area contributed by atoms with E-state index in [2.05, 4.69) is 20.0 Å². The Labute approximate surface area is 197 Å². The fraction of sp³-hybridized carbons (Fsp3) is 0.429. The number of carbonyl (C=O) groups is 1. The number of aliphatic hydroxyl groups is 1. The zero-order valence-corrected chi connectivity index (χ0v) is 20.0. The van der Waals surface area contributed by atoms with E-state index >= 15 is 0 Å². The summed E-state index contributed by atoms with van der Waals surface area (Å²) in [6.07, 6.45) is 1.27. The highest BCUT2D eigenvalue weighted by Gasteiger charge is 2.29. The monoisotopic (exact) mass is 492 g/mol. The molecule has 0 fully saturated rings. The van der Waals surface area contributed by atoms with E-state index in [-0.39, 0.29) is 38.7 Å². The van der Waals surface area contributed by atoms with Crippen molar-refractivity contribution in [3.8, 4) is 0 Å². The number of rotatable bonds is 13. The number of aliphatic hydroxyl groups excluding tert-OH is 1. The fourth-order valence-electron chi connectivity index (χ4n) is 3.12. The number of aromatic nitrogens is 4. The summed E-state index contributed by atoms with van der Waals surface area (Å²) in [6.45, 7) is 3.70. The number of nitrogens with one attached hydrogen (secondary N) is 1. The van der Waals surface area contributed by atoms with Gasteiger partial charge in [0, 0.05) is 6.54 Å². The van der Waals surface area contributed by atoms with Crippen LogP contribution >= 0.6 is 7.52 Å². The van der Waals surface area contributed by atoms with Crippen molar-refractivity contribution in [1.82, 2.24) is 24.6 Å². The number of benzene rings is 1. The summed E-state index contributed by atoms with van der Waals surface area (Å²) in [5.74, 6) is -0.511. The van der Waals surface area contributed by atoms with Gasteiger partial charge in [-0.15, -0.1) is 0 Å². The molecule has 3 aromatic rings. The molecule has 0 bridgehead atoms. The highest BCUT2D eigenvalue weighted by molar-refractivity contribution is 7.56. The van der Waals surface area contributed by atoms with Crippen LogP contribution in [0.4, 0.5) is 5.95 Å². The average Bonchev–Trinajstić information content (AvgIpc) is 3.23. The number of ether oxygens (including phenoxy) is 2. The highest BCUT2D eigenvalue weighted by atomic mass is 31.2.